The molecule has 0 radical (unpaired) electrons. The molecule has 5 aromatic carbocycles. The van der Waals surface area contributed by atoms with Gasteiger partial charge in [-0.05, 0) is 57.6 Å². The molecule has 1 nitrogen and oxygen atoms in total. The van der Waals surface area contributed by atoms with E-state index in [-0.39, 0.29) is 0 Å². The van der Waals surface area contributed by atoms with Gasteiger partial charge in [0.15, 0.2) is 0 Å². The van der Waals surface area contributed by atoms with Crippen molar-refractivity contribution in [2.45, 2.75) is 26.9 Å². The topological polar surface area (TPSA) is 3.24 Å². The number of fused-ring (bicyclic) bond motifs is 2. The molecule has 1 heteroatoms. The van der Waals surface area contributed by atoms with E-state index in [1.807, 2.05) is 0 Å². The van der Waals surface area contributed by atoms with Crippen LogP contribution in [0.4, 0.5) is 5.69 Å². The van der Waals surface area contributed by atoms with Crippen molar-refractivity contribution in [2.75, 3.05) is 4.90 Å². The van der Waals surface area contributed by atoms with Crippen molar-refractivity contribution >= 4 is 27.2 Å². The fourth-order valence-electron chi connectivity index (χ4n) is 4.79. The highest BCUT2D eigenvalue weighted by Crippen LogP contribution is 2.31. The van der Waals surface area contributed by atoms with Crippen molar-refractivity contribution in [3.05, 3.63) is 125 Å². The molecule has 5 rings (SSSR count). The van der Waals surface area contributed by atoms with Crippen molar-refractivity contribution in [3.63, 3.8) is 0 Å². The molecule has 0 saturated heterocycles. The Morgan fingerprint density at radius 3 is 1.42 bits per heavy atom. The predicted octanol–water partition coefficient (Wildman–Crippen LogP) is 7.82. The molecule has 0 heterocycles. The van der Waals surface area contributed by atoms with E-state index in [4.69, 9.17) is 0 Å². The average molecular weight is 402 g/mol. The maximum absolute atomic E-state index is 2.55. The van der Waals surface area contributed by atoms with Crippen molar-refractivity contribution < 1.29 is 0 Å². The monoisotopic (exact) mass is 401 g/mol. The number of hydrogen-bond donors (Lipinski definition) is 0. The van der Waals surface area contributed by atoms with Gasteiger partial charge in [0.05, 0.1) is 0 Å². The molecule has 0 aliphatic heterocycles. The number of nitrogens with zero attached hydrogens (tertiary/aromatic N) is 1. The summed E-state index contributed by atoms with van der Waals surface area (Å²) in [5.74, 6) is 0. The second kappa shape index (κ2) is 8.28. The first kappa shape index (κ1) is 19.4. The van der Waals surface area contributed by atoms with Crippen molar-refractivity contribution in [2.24, 2.45) is 0 Å². The molecule has 0 fully saturated rings. The van der Waals surface area contributed by atoms with Gasteiger partial charge in [0, 0.05) is 18.8 Å². The van der Waals surface area contributed by atoms with Crippen LogP contribution in [0.2, 0.25) is 0 Å². The second-order valence-corrected chi connectivity index (χ2v) is 8.37. The maximum atomic E-state index is 2.55. The third kappa shape index (κ3) is 3.80. The van der Waals surface area contributed by atoms with E-state index < -0.39 is 0 Å². The number of benzene rings is 5. The lowest BCUT2D eigenvalue weighted by Crippen LogP contribution is -2.24. The highest BCUT2D eigenvalue weighted by atomic mass is 15.1. The van der Waals surface area contributed by atoms with Crippen LogP contribution >= 0.6 is 0 Å². The van der Waals surface area contributed by atoms with Crippen LogP contribution < -0.4 is 4.90 Å². The summed E-state index contributed by atoms with van der Waals surface area (Å²) >= 11 is 0. The van der Waals surface area contributed by atoms with Gasteiger partial charge in [0.25, 0.3) is 0 Å². The van der Waals surface area contributed by atoms with Gasteiger partial charge in [-0.3, -0.25) is 0 Å². The van der Waals surface area contributed by atoms with Crippen molar-refractivity contribution in [3.8, 4) is 0 Å². The first-order valence-corrected chi connectivity index (χ1v) is 10.9. The first-order valence-electron chi connectivity index (χ1n) is 10.9. The molecule has 31 heavy (non-hydrogen) atoms. The molecule has 0 unspecified atom stereocenters. The summed E-state index contributed by atoms with van der Waals surface area (Å²) in [6.45, 7) is 6.19. The zero-order chi connectivity index (χ0) is 21.2. The fourth-order valence-corrected chi connectivity index (χ4v) is 4.79. The lowest BCUT2D eigenvalue weighted by molar-refractivity contribution is 0.800. The standard InChI is InChI=1S/C30H27N/c1-22-10-7-11-23(2)30(22)31(20-26-16-8-14-24-12-3-5-18-28(24)26)21-27-17-9-15-25-13-4-6-19-29(25)27/h3-19H,20-21H2,1-2H3. The molecular weight excluding hydrogens is 374 g/mol. The van der Waals surface area contributed by atoms with Crippen LogP contribution in [0.5, 0.6) is 0 Å². The Morgan fingerprint density at radius 2 is 0.903 bits per heavy atom. The molecule has 5 aromatic rings. The highest BCUT2D eigenvalue weighted by molar-refractivity contribution is 5.87. The van der Waals surface area contributed by atoms with Gasteiger partial charge >= 0.3 is 0 Å². The Hall–Kier alpha value is -3.58. The van der Waals surface area contributed by atoms with Crippen LogP contribution in [-0.2, 0) is 13.1 Å². The normalized spacial score (nSPS) is 11.2. The maximum Gasteiger partial charge on any atom is 0.0439 e. The second-order valence-electron chi connectivity index (χ2n) is 8.37. The van der Waals surface area contributed by atoms with Crippen LogP contribution in [-0.4, -0.2) is 0 Å². The van der Waals surface area contributed by atoms with E-state index in [1.165, 1.54) is 49.5 Å². The molecule has 0 amide bonds. The van der Waals surface area contributed by atoms with Crippen LogP contribution in [0.15, 0.2) is 103 Å². The smallest absolute Gasteiger partial charge is 0.0439 e. The zero-order valence-corrected chi connectivity index (χ0v) is 18.2. The summed E-state index contributed by atoms with van der Waals surface area (Å²) in [4.78, 5) is 2.55. The lowest BCUT2D eigenvalue weighted by Gasteiger charge is -2.29. The van der Waals surface area contributed by atoms with Gasteiger partial charge in [-0.1, -0.05) is 103 Å². The van der Waals surface area contributed by atoms with Crippen LogP contribution in [0, 0.1) is 13.8 Å². The average Bonchev–Trinajstić information content (AvgIpc) is 2.79. The Balaban J connectivity index is 1.63. The highest BCUT2D eigenvalue weighted by Gasteiger charge is 2.16. The van der Waals surface area contributed by atoms with Gasteiger partial charge in [-0.25, -0.2) is 0 Å². The SMILES string of the molecule is Cc1cccc(C)c1N(Cc1cccc2ccccc12)Cc1cccc2ccccc12. The third-order valence-electron chi connectivity index (χ3n) is 6.24. The molecule has 0 spiro atoms. The first-order chi connectivity index (χ1) is 15.2. The van der Waals surface area contributed by atoms with Gasteiger partial charge in [0.1, 0.15) is 0 Å². The minimum atomic E-state index is 0.871. The molecule has 0 bridgehead atoms. The van der Waals surface area contributed by atoms with E-state index in [0.717, 1.165) is 13.1 Å². The molecule has 0 saturated carbocycles. The number of anilines is 1. The molecule has 0 N–H and O–H groups in total. The Kier molecular flexibility index (Phi) is 5.18. The third-order valence-corrected chi connectivity index (χ3v) is 6.24. The zero-order valence-electron chi connectivity index (χ0n) is 18.2. The summed E-state index contributed by atoms with van der Waals surface area (Å²) < 4.78 is 0. The summed E-state index contributed by atoms with van der Waals surface area (Å²) in [5.41, 5.74) is 6.70. The molecule has 0 aliphatic rings. The van der Waals surface area contributed by atoms with E-state index in [0.29, 0.717) is 0 Å². The van der Waals surface area contributed by atoms with E-state index in [2.05, 4.69) is 122 Å². The van der Waals surface area contributed by atoms with Crippen molar-refractivity contribution in [1.82, 2.24) is 0 Å². The minimum Gasteiger partial charge on any atom is -0.362 e. The number of para-hydroxylation sites is 1. The minimum absolute atomic E-state index is 0.871. The largest absolute Gasteiger partial charge is 0.362 e. The van der Waals surface area contributed by atoms with E-state index in [1.54, 1.807) is 0 Å². The van der Waals surface area contributed by atoms with E-state index in [9.17, 15) is 0 Å². The quantitative estimate of drug-likeness (QED) is 0.290. The summed E-state index contributed by atoms with van der Waals surface area (Å²) in [6, 6.07) is 37.3. The summed E-state index contributed by atoms with van der Waals surface area (Å²) in [7, 11) is 0. The molecular formula is C30H27N. The Bertz CT molecular complexity index is 1250. The summed E-state index contributed by atoms with van der Waals surface area (Å²) in [6.07, 6.45) is 0. The Morgan fingerprint density at radius 1 is 0.484 bits per heavy atom. The van der Waals surface area contributed by atoms with Gasteiger partial charge in [0.2, 0.25) is 0 Å². The predicted molar refractivity (Wildman–Crippen MR) is 134 cm³/mol. The number of aryl methyl sites for hydroxylation is 2. The van der Waals surface area contributed by atoms with Gasteiger partial charge in [-0.15, -0.1) is 0 Å². The Labute approximate surface area is 184 Å². The fraction of sp³-hybridized carbons (Fsp3) is 0.133. The number of rotatable bonds is 5. The van der Waals surface area contributed by atoms with Gasteiger partial charge in [-0.2, -0.15) is 0 Å². The van der Waals surface area contributed by atoms with Gasteiger partial charge < -0.3 is 4.90 Å². The summed E-state index contributed by atoms with van der Waals surface area (Å²) in [5, 5.41) is 5.26. The molecule has 0 aliphatic carbocycles. The lowest BCUT2D eigenvalue weighted by atomic mass is 10.0. The number of hydrogen-bond acceptors (Lipinski definition) is 1. The molecule has 152 valence electrons. The van der Waals surface area contributed by atoms with Crippen LogP contribution in [0.25, 0.3) is 21.5 Å². The molecule has 0 atom stereocenters. The van der Waals surface area contributed by atoms with Crippen LogP contribution in [0.3, 0.4) is 0 Å². The molecule has 0 aromatic heterocycles. The van der Waals surface area contributed by atoms with Crippen molar-refractivity contribution in [1.29, 1.82) is 0 Å². The van der Waals surface area contributed by atoms with Crippen LogP contribution in [0.1, 0.15) is 22.3 Å². The van der Waals surface area contributed by atoms with E-state index >= 15 is 0 Å².